The van der Waals surface area contributed by atoms with Gasteiger partial charge in [0.1, 0.15) is 5.75 Å². The first-order chi connectivity index (χ1) is 8.43. The molecular formula is C13H18N2O2S. The smallest absolute Gasteiger partial charge is 0.251 e. The second-order valence-electron chi connectivity index (χ2n) is 4.23. The van der Waals surface area contributed by atoms with E-state index in [2.05, 4.69) is 5.32 Å². The zero-order valence-electron chi connectivity index (χ0n) is 10.8. The van der Waals surface area contributed by atoms with Crippen LogP contribution in [0.4, 0.5) is 0 Å². The van der Waals surface area contributed by atoms with Crippen LogP contribution in [0.1, 0.15) is 29.3 Å². The summed E-state index contributed by atoms with van der Waals surface area (Å²) < 4.78 is 5.18. The van der Waals surface area contributed by atoms with Crippen molar-refractivity contribution in [3.63, 3.8) is 0 Å². The molecule has 18 heavy (non-hydrogen) atoms. The van der Waals surface area contributed by atoms with Gasteiger partial charge in [0.25, 0.3) is 5.91 Å². The van der Waals surface area contributed by atoms with E-state index in [0.717, 1.165) is 5.56 Å². The maximum Gasteiger partial charge on any atom is 0.251 e. The Labute approximate surface area is 113 Å². The molecule has 0 spiro atoms. The summed E-state index contributed by atoms with van der Waals surface area (Å²) in [5.74, 6) is 0.543. The van der Waals surface area contributed by atoms with Crippen molar-refractivity contribution in [3.05, 3.63) is 29.3 Å². The number of benzene rings is 1. The van der Waals surface area contributed by atoms with Gasteiger partial charge in [-0.3, -0.25) is 4.79 Å². The summed E-state index contributed by atoms with van der Waals surface area (Å²) in [6, 6.07) is 5.26. The third-order valence-corrected chi connectivity index (χ3v) is 2.72. The van der Waals surface area contributed by atoms with E-state index in [9.17, 15) is 4.79 Å². The van der Waals surface area contributed by atoms with E-state index in [4.69, 9.17) is 22.7 Å². The van der Waals surface area contributed by atoms with Crippen LogP contribution in [-0.2, 0) is 0 Å². The Balaban J connectivity index is 2.75. The molecule has 1 aromatic carbocycles. The Morgan fingerprint density at radius 1 is 1.56 bits per heavy atom. The number of hydrogen-bond donors (Lipinski definition) is 2. The van der Waals surface area contributed by atoms with Gasteiger partial charge in [-0.05, 0) is 31.5 Å². The third kappa shape index (κ3) is 4.00. The summed E-state index contributed by atoms with van der Waals surface area (Å²) in [6.07, 6.45) is 0.490. The minimum Gasteiger partial charge on any atom is -0.496 e. The molecule has 1 atom stereocenters. The number of aryl methyl sites for hydroxylation is 1. The topological polar surface area (TPSA) is 64.3 Å². The highest BCUT2D eigenvalue weighted by Gasteiger charge is 2.12. The molecule has 5 heteroatoms. The van der Waals surface area contributed by atoms with Crippen molar-refractivity contribution in [2.45, 2.75) is 26.3 Å². The van der Waals surface area contributed by atoms with Gasteiger partial charge >= 0.3 is 0 Å². The summed E-state index contributed by atoms with van der Waals surface area (Å²) in [4.78, 5) is 12.4. The molecule has 0 fully saturated rings. The quantitative estimate of drug-likeness (QED) is 0.798. The first-order valence-corrected chi connectivity index (χ1v) is 6.08. The van der Waals surface area contributed by atoms with Gasteiger partial charge in [0.05, 0.1) is 12.1 Å². The lowest BCUT2D eigenvalue weighted by Gasteiger charge is -2.14. The fourth-order valence-electron chi connectivity index (χ4n) is 1.62. The van der Waals surface area contributed by atoms with Gasteiger partial charge in [-0.2, -0.15) is 0 Å². The molecule has 4 nitrogen and oxygen atoms in total. The lowest BCUT2D eigenvalue weighted by molar-refractivity contribution is 0.0941. The zero-order valence-corrected chi connectivity index (χ0v) is 11.6. The Bertz CT molecular complexity index is 460. The average Bonchev–Trinajstić information content (AvgIpc) is 2.28. The molecule has 0 bridgehead atoms. The lowest BCUT2D eigenvalue weighted by Crippen LogP contribution is -2.35. The molecule has 1 amide bonds. The number of hydrogen-bond acceptors (Lipinski definition) is 3. The summed E-state index contributed by atoms with van der Waals surface area (Å²) in [6.45, 7) is 3.79. The van der Waals surface area contributed by atoms with Crippen molar-refractivity contribution in [2.75, 3.05) is 7.11 Å². The van der Waals surface area contributed by atoms with Crippen LogP contribution in [0, 0.1) is 6.92 Å². The second-order valence-corrected chi connectivity index (χ2v) is 4.75. The van der Waals surface area contributed by atoms with Crippen LogP contribution in [0.2, 0.25) is 0 Å². The van der Waals surface area contributed by atoms with Gasteiger partial charge in [0.15, 0.2) is 0 Å². The van der Waals surface area contributed by atoms with E-state index < -0.39 is 0 Å². The van der Waals surface area contributed by atoms with E-state index in [1.807, 2.05) is 19.9 Å². The van der Waals surface area contributed by atoms with Crippen LogP contribution in [0.25, 0.3) is 0 Å². The van der Waals surface area contributed by atoms with E-state index in [1.165, 1.54) is 0 Å². The van der Waals surface area contributed by atoms with E-state index in [-0.39, 0.29) is 11.9 Å². The highest BCUT2D eigenvalue weighted by molar-refractivity contribution is 7.80. The van der Waals surface area contributed by atoms with Gasteiger partial charge in [-0.1, -0.05) is 18.3 Å². The van der Waals surface area contributed by atoms with Crippen LogP contribution in [0.15, 0.2) is 18.2 Å². The molecule has 0 saturated heterocycles. The number of nitrogens with two attached hydrogens (primary N) is 1. The summed E-state index contributed by atoms with van der Waals surface area (Å²) in [7, 11) is 1.58. The highest BCUT2D eigenvalue weighted by Crippen LogP contribution is 2.18. The van der Waals surface area contributed by atoms with Crippen LogP contribution in [-0.4, -0.2) is 24.0 Å². The van der Waals surface area contributed by atoms with Crippen molar-refractivity contribution in [3.8, 4) is 5.75 Å². The number of methoxy groups -OCH3 is 1. The summed E-state index contributed by atoms with van der Waals surface area (Å²) in [5.41, 5.74) is 6.99. The second kappa shape index (κ2) is 6.35. The largest absolute Gasteiger partial charge is 0.496 e. The third-order valence-electron chi connectivity index (χ3n) is 2.56. The van der Waals surface area contributed by atoms with Gasteiger partial charge in [0.2, 0.25) is 0 Å². The minimum atomic E-state index is -0.156. The molecule has 0 radical (unpaired) electrons. The maximum absolute atomic E-state index is 12.0. The molecule has 0 aliphatic carbocycles. The Morgan fingerprint density at radius 3 is 2.78 bits per heavy atom. The molecule has 0 aromatic heterocycles. The number of rotatable bonds is 5. The predicted octanol–water partition coefficient (Wildman–Crippen LogP) is 1.80. The van der Waals surface area contributed by atoms with Gasteiger partial charge in [-0.15, -0.1) is 0 Å². The fraction of sp³-hybridized carbons (Fsp3) is 0.385. The van der Waals surface area contributed by atoms with E-state index in [1.54, 1.807) is 19.2 Å². The predicted molar refractivity (Wildman–Crippen MR) is 76.1 cm³/mol. The fourth-order valence-corrected chi connectivity index (χ4v) is 1.87. The van der Waals surface area contributed by atoms with Crippen LogP contribution in [0.5, 0.6) is 5.75 Å². The van der Waals surface area contributed by atoms with Gasteiger partial charge in [-0.25, -0.2) is 0 Å². The average molecular weight is 266 g/mol. The Morgan fingerprint density at radius 2 is 2.22 bits per heavy atom. The molecule has 1 aromatic rings. The Hall–Kier alpha value is -1.62. The molecule has 98 valence electrons. The lowest BCUT2D eigenvalue weighted by atomic mass is 10.1. The number of nitrogens with one attached hydrogen (secondary N) is 1. The first-order valence-electron chi connectivity index (χ1n) is 5.68. The number of carbonyl (C=O) groups excluding carboxylic acids is 1. The molecule has 1 rings (SSSR count). The molecule has 3 N–H and O–H groups in total. The van der Waals surface area contributed by atoms with Crippen LogP contribution < -0.4 is 15.8 Å². The van der Waals surface area contributed by atoms with Crippen molar-refractivity contribution >= 4 is 23.1 Å². The first kappa shape index (κ1) is 14.4. The van der Waals surface area contributed by atoms with E-state index >= 15 is 0 Å². The molecule has 0 aliphatic heterocycles. The van der Waals surface area contributed by atoms with Crippen molar-refractivity contribution in [1.82, 2.24) is 5.32 Å². The standard InChI is InChI=1S/C13H18N2O2S/c1-8-4-5-10(7-11(8)17-3)13(16)15-9(2)6-12(14)18/h4-5,7,9H,6H2,1-3H3,(H2,14,18)(H,15,16). The molecule has 1 unspecified atom stereocenters. The molecular weight excluding hydrogens is 248 g/mol. The maximum atomic E-state index is 12.0. The number of carbonyl (C=O) groups is 1. The number of thiocarbonyl (C=S) groups is 1. The van der Waals surface area contributed by atoms with Crippen LogP contribution in [0.3, 0.4) is 0 Å². The van der Waals surface area contributed by atoms with Crippen molar-refractivity contribution < 1.29 is 9.53 Å². The monoisotopic (exact) mass is 266 g/mol. The zero-order chi connectivity index (χ0) is 13.7. The molecule has 0 aliphatic rings. The molecule has 0 heterocycles. The minimum absolute atomic E-state index is 0.0812. The number of ether oxygens (including phenoxy) is 1. The van der Waals surface area contributed by atoms with Gasteiger partial charge in [0, 0.05) is 18.0 Å². The normalized spacial score (nSPS) is 11.7. The molecule has 0 saturated carbocycles. The van der Waals surface area contributed by atoms with Crippen molar-refractivity contribution in [2.24, 2.45) is 5.73 Å². The van der Waals surface area contributed by atoms with Crippen molar-refractivity contribution in [1.29, 1.82) is 0 Å². The van der Waals surface area contributed by atoms with E-state index in [0.29, 0.717) is 22.7 Å². The van der Waals surface area contributed by atoms with Gasteiger partial charge < -0.3 is 15.8 Å². The number of amides is 1. The summed E-state index contributed by atoms with van der Waals surface area (Å²) >= 11 is 4.80. The Kier molecular flexibility index (Phi) is 5.09. The van der Waals surface area contributed by atoms with Crippen LogP contribution >= 0.6 is 12.2 Å². The highest BCUT2D eigenvalue weighted by atomic mass is 32.1. The SMILES string of the molecule is COc1cc(C(=O)NC(C)CC(N)=S)ccc1C. The summed E-state index contributed by atoms with van der Waals surface area (Å²) in [5, 5.41) is 2.84.